The highest BCUT2D eigenvalue weighted by Gasteiger charge is 2.31. The standard InChI is InChI=1S/C19H21N3O3S/c23-16(14-4-2-1-3-5-14)12-20-11-10-13-6-8-15(9-7-13)21-18-17(24)22-19(25)26-18/h1-9,16,18,20-21,23H,10-12H2,(H,22,24,25)/t16-,18?/m1/s1. The highest BCUT2D eigenvalue weighted by atomic mass is 32.2. The number of thioether (sulfide) groups is 1. The Labute approximate surface area is 156 Å². The number of nitrogens with one attached hydrogen (secondary N) is 3. The molecular formula is C19H21N3O3S. The second-order valence-corrected chi connectivity index (χ2v) is 7.07. The Balaban J connectivity index is 1.40. The Morgan fingerprint density at radius 3 is 2.46 bits per heavy atom. The van der Waals surface area contributed by atoms with E-state index in [1.165, 1.54) is 0 Å². The summed E-state index contributed by atoms with van der Waals surface area (Å²) in [6.45, 7) is 1.26. The maximum atomic E-state index is 11.5. The lowest BCUT2D eigenvalue weighted by Gasteiger charge is -2.13. The number of rotatable bonds is 8. The van der Waals surface area contributed by atoms with Crippen molar-refractivity contribution in [2.24, 2.45) is 0 Å². The normalized spacial score (nSPS) is 17.8. The zero-order chi connectivity index (χ0) is 18.4. The lowest BCUT2D eigenvalue weighted by atomic mass is 10.1. The van der Waals surface area contributed by atoms with Gasteiger partial charge in [-0.15, -0.1) is 0 Å². The SMILES string of the molecule is O=C1NC(=O)C(Nc2ccc(CCNC[C@@H](O)c3ccccc3)cc2)S1. The summed E-state index contributed by atoms with van der Waals surface area (Å²) in [6, 6.07) is 17.3. The van der Waals surface area contributed by atoms with E-state index in [0.717, 1.165) is 41.5 Å². The molecule has 3 rings (SSSR count). The van der Waals surface area contributed by atoms with Gasteiger partial charge in [0, 0.05) is 12.2 Å². The minimum atomic E-state index is -0.575. The highest BCUT2D eigenvalue weighted by molar-refractivity contribution is 8.15. The molecule has 0 radical (unpaired) electrons. The van der Waals surface area contributed by atoms with Crippen molar-refractivity contribution >= 4 is 28.6 Å². The van der Waals surface area contributed by atoms with Gasteiger partial charge in [0.1, 0.15) is 0 Å². The van der Waals surface area contributed by atoms with Crippen LogP contribution in [0.15, 0.2) is 54.6 Å². The number of imide groups is 1. The predicted octanol–water partition coefficient (Wildman–Crippen LogP) is 2.27. The van der Waals surface area contributed by atoms with Crippen molar-refractivity contribution in [1.82, 2.24) is 10.6 Å². The van der Waals surface area contributed by atoms with Crippen LogP contribution in [-0.4, -0.2) is 34.7 Å². The van der Waals surface area contributed by atoms with Gasteiger partial charge in [-0.1, -0.05) is 42.5 Å². The van der Waals surface area contributed by atoms with Crippen LogP contribution in [0.2, 0.25) is 0 Å². The smallest absolute Gasteiger partial charge is 0.288 e. The fourth-order valence-corrected chi connectivity index (χ4v) is 3.37. The molecule has 1 saturated heterocycles. The number of carbonyl (C=O) groups excluding carboxylic acids is 2. The summed E-state index contributed by atoms with van der Waals surface area (Å²) in [4.78, 5) is 22.7. The van der Waals surface area contributed by atoms with E-state index in [4.69, 9.17) is 0 Å². The molecule has 26 heavy (non-hydrogen) atoms. The van der Waals surface area contributed by atoms with Crippen LogP contribution in [0.1, 0.15) is 17.2 Å². The first-order valence-corrected chi connectivity index (χ1v) is 9.30. The molecule has 2 amide bonds. The van der Waals surface area contributed by atoms with E-state index in [0.29, 0.717) is 6.54 Å². The summed E-state index contributed by atoms with van der Waals surface area (Å²) < 4.78 is 0. The van der Waals surface area contributed by atoms with Crippen LogP contribution in [0.5, 0.6) is 0 Å². The topological polar surface area (TPSA) is 90.5 Å². The summed E-state index contributed by atoms with van der Waals surface area (Å²) in [7, 11) is 0. The van der Waals surface area contributed by atoms with Crippen LogP contribution in [0.25, 0.3) is 0 Å². The zero-order valence-corrected chi connectivity index (χ0v) is 15.0. The van der Waals surface area contributed by atoms with E-state index < -0.39 is 11.5 Å². The van der Waals surface area contributed by atoms with Crippen LogP contribution in [0.4, 0.5) is 10.5 Å². The Kier molecular flexibility index (Phi) is 6.27. The highest BCUT2D eigenvalue weighted by Crippen LogP contribution is 2.21. The van der Waals surface area contributed by atoms with E-state index in [1.54, 1.807) is 0 Å². The van der Waals surface area contributed by atoms with E-state index >= 15 is 0 Å². The lowest BCUT2D eigenvalue weighted by Crippen LogP contribution is -2.29. The molecule has 1 aliphatic rings. The number of anilines is 1. The second-order valence-electron chi connectivity index (χ2n) is 6.00. The molecule has 2 aromatic carbocycles. The molecule has 1 fully saturated rings. The van der Waals surface area contributed by atoms with E-state index in [-0.39, 0.29) is 11.1 Å². The molecular weight excluding hydrogens is 350 g/mol. The van der Waals surface area contributed by atoms with Crippen LogP contribution in [0, 0.1) is 0 Å². The van der Waals surface area contributed by atoms with Crippen LogP contribution in [-0.2, 0) is 11.2 Å². The average Bonchev–Trinajstić information content (AvgIpc) is 2.97. The molecule has 4 N–H and O–H groups in total. The van der Waals surface area contributed by atoms with Gasteiger partial charge >= 0.3 is 0 Å². The van der Waals surface area contributed by atoms with Gasteiger partial charge in [0.05, 0.1) is 6.10 Å². The zero-order valence-electron chi connectivity index (χ0n) is 14.1. The molecule has 2 atom stereocenters. The fourth-order valence-electron chi connectivity index (χ4n) is 2.63. The Bertz CT molecular complexity index is 752. The first-order chi connectivity index (χ1) is 12.6. The molecule has 136 valence electrons. The maximum absolute atomic E-state index is 11.5. The molecule has 1 unspecified atom stereocenters. The Morgan fingerprint density at radius 1 is 1.08 bits per heavy atom. The van der Waals surface area contributed by atoms with Crippen molar-refractivity contribution in [1.29, 1.82) is 0 Å². The van der Waals surface area contributed by atoms with Gasteiger partial charge in [-0.05, 0) is 48.0 Å². The van der Waals surface area contributed by atoms with Gasteiger partial charge in [-0.25, -0.2) is 0 Å². The maximum Gasteiger partial charge on any atom is 0.288 e. The van der Waals surface area contributed by atoms with Crippen molar-refractivity contribution in [2.45, 2.75) is 17.9 Å². The minimum Gasteiger partial charge on any atom is -0.387 e. The Morgan fingerprint density at radius 2 is 1.81 bits per heavy atom. The monoisotopic (exact) mass is 371 g/mol. The van der Waals surface area contributed by atoms with E-state index in [2.05, 4.69) is 16.0 Å². The molecule has 0 aliphatic carbocycles. The van der Waals surface area contributed by atoms with Crippen LogP contribution in [0.3, 0.4) is 0 Å². The largest absolute Gasteiger partial charge is 0.387 e. The van der Waals surface area contributed by atoms with Crippen LogP contribution >= 0.6 is 11.8 Å². The minimum absolute atomic E-state index is 0.315. The average molecular weight is 371 g/mol. The van der Waals surface area contributed by atoms with E-state index in [1.807, 2.05) is 54.6 Å². The van der Waals surface area contributed by atoms with Gasteiger partial charge in [0.25, 0.3) is 11.1 Å². The lowest BCUT2D eigenvalue weighted by molar-refractivity contribution is -0.118. The van der Waals surface area contributed by atoms with Gasteiger partial charge in [0.15, 0.2) is 5.37 Å². The van der Waals surface area contributed by atoms with Crippen molar-refractivity contribution in [3.8, 4) is 0 Å². The first-order valence-electron chi connectivity index (χ1n) is 8.42. The Hall–Kier alpha value is -2.35. The summed E-state index contributed by atoms with van der Waals surface area (Å²) in [5.41, 5.74) is 2.85. The molecule has 0 aromatic heterocycles. The van der Waals surface area contributed by atoms with E-state index in [9.17, 15) is 14.7 Å². The molecule has 0 bridgehead atoms. The van der Waals surface area contributed by atoms with Crippen molar-refractivity contribution in [3.63, 3.8) is 0 Å². The second kappa shape index (κ2) is 8.84. The number of hydrogen-bond donors (Lipinski definition) is 4. The summed E-state index contributed by atoms with van der Waals surface area (Å²) in [5.74, 6) is -0.315. The summed E-state index contributed by atoms with van der Waals surface area (Å²) in [6.07, 6.45) is 0.319. The molecule has 7 heteroatoms. The molecule has 0 saturated carbocycles. The van der Waals surface area contributed by atoms with Gasteiger partial charge in [-0.3, -0.25) is 14.9 Å². The van der Waals surface area contributed by atoms with Gasteiger partial charge < -0.3 is 15.7 Å². The third-order valence-electron chi connectivity index (χ3n) is 4.05. The first kappa shape index (κ1) is 18.4. The number of benzene rings is 2. The van der Waals surface area contributed by atoms with Crippen molar-refractivity contribution in [2.75, 3.05) is 18.4 Å². The third kappa shape index (κ3) is 5.08. The molecule has 1 aliphatic heterocycles. The van der Waals surface area contributed by atoms with Gasteiger partial charge in [-0.2, -0.15) is 0 Å². The van der Waals surface area contributed by atoms with Gasteiger partial charge in [0.2, 0.25) is 0 Å². The predicted molar refractivity (Wildman–Crippen MR) is 103 cm³/mol. The fraction of sp³-hybridized carbons (Fsp3) is 0.263. The quantitative estimate of drug-likeness (QED) is 0.532. The molecule has 2 aromatic rings. The molecule has 0 spiro atoms. The number of carbonyl (C=O) groups is 2. The summed E-state index contributed by atoms with van der Waals surface area (Å²) >= 11 is 0.946. The molecule has 1 heterocycles. The van der Waals surface area contributed by atoms with Crippen LogP contribution < -0.4 is 16.0 Å². The number of hydrogen-bond acceptors (Lipinski definition) is 6. The molecule has 6 nitrogen and oxygen atoms in total. The van der Waals surface area contributed by atoms with Crippen molar-refractivity contribution in [3.05, 3.63) is 65.7 Å². The number of aliphatic hydroxyl groups is 1. The number of aliphatic hydroxyl groups excluding tert-OH is 1. The third-order valence-corrected chi connectivity index (χ3v) is 4.94. The van der Waals surface area contributed by atoms with Crippen molar-refractivity contribution < 1.29 is 14.7 Å². The number of amides is 2. The summed E-state index contributed by atoms with van der Waals surface area (Å²) in [5, 5.41) is 17.7.